The van der Waals surface area contributed by atoms with E-state index in [9.17, 15) is 19.6 Å². The minimum absolute atomic E-state index is 0.350. The predicted octanol–water partition coefficient (Wildman–Crippen LogP) is -0.585. The van der Waals surface area contributed by atoms with Crippen molar-refractivity contribution in [1.29, 1.82) is 0 Å². The van der Waals surface area contributed by atoms with Gasteiger partial charge in [0, 0.05) is 12.1 Å². The summed E-state index contributed by atoms with van der Waals surface area (Å²) in [5, 5.41) is 36.9. The van der Waals surface area contributed by atoms with Gasteiger partial charge in [-0.1, -0.05) is 0 Å². The molecule has 0 amide bonds. The molecule has 8 heteroatoms. The van der Waals surface area contributed by atoms with Gasteiger partial charge in [-0.25, -0.2) is 14.4 Å². The molecule has 1 aromatic rings. The standard InChI is InChI=1S/C8H5NO7/c10-6(11)3-1-4(7(12)13)9(16)5(2-3)8(14)15/h1-2H,(H,10,11)(H,12,13)(H,14,15). The Morgan fingerprint density at radius 2 is 1.31 bits per heavy atom. The molecule has 0 aliphatic heterocycles. The summed E-state index contributed by atoms with van der Waals surface area (Å²) in [6, 6.07) is 1.17. The van der Waals surface area contributed by atoms with Crippen LogP contribution in [0.2, 0.25) is 0 Å². The molecule has 1 rings (SSSR count). The summed E-state index contributed by atoms with van der Waals surface area (Å²) in [5.41, 5.74) is -2.50. The fraction of sp³-hybridized carbons (Fsp3) is 0. The zero-order chi connectivity index (χ0) is 12.5. The first kappa shape index (κ1) is 11.4. The van der Waals surface area contributed by atoms with E-state index < -0.39 is 34.9 Å². The lowest BCUT2D eigenvalue weighted by Crippen LogP contribution is -2.41. The smallest absolute Gasteiger partial charge is 0.402 e. The molecule has 1 aromatic heterocycles. The number of hydrogen-bond donors (Lipinski definition) is 3. The number of carboxylic acid groups (broad SMARTS) is 3. The highest BCUT2D eigenvalue weighted by molar-refractivity contribution is 5.94. The third-order valence-corrected chi connectivity index (χ3v) is 1.71. The molecule has 0 fully saturated rings. The summed E-state index contributed by atoms with van der Waals surface area (Å²) in [5.74, 6) is -4.94. The van der Waals surface area contributed by atoms with Crippen LogP contribution in [0.3, 0.4) is 0 Å². The average molecular weight is 227 g/mol. The monoisotopic (exact) mass is 227 g/mol. The van der Waals surface area contributed by atoms with Crippen molar-refractivity contribution in [1.82, 2.24) is 0 Å². The topological polar surface area (TPSA) is 139 Å². The van der Waals surface area contributed by atoms with Crippen LogP contribution in [0.15, 0.2) is 12.1 Å². The van der Waals surface area contributed by atoms with Crippen molar-refractivity contribution >= 4 is 17.9 Å². The van der Waals surface area contributed by atoms with Gasteiger partial charge in [0.2, 0.25) is 0 Å². The van der Waals surface area contributed by atoms with Crippen LogP contribution in [0.25, 0.3) is 0 Å². The van der Waals surface area contributed by atoms with Crippen LogP contribution in [-0.4, -0.2) is 33.2 Å². The molecular weight excluding hydrogens is 222 g/mol. The van der Waals surface area contributed by atoms with E-state index in [4.69, 9.17) is 15.3 Å². The van der Waals surface area contributed by atoms with Crippen LogP contribution in [0, 0.1) is 5.21 Å². The summed E-state index contributed by atoms with van der Waals surface area (Å²) in [7, 11) is 0. The maximum absolute atomic E-state index is 11.2. The van der Waals surface area contributed by atoms with Gasteiger partial charge >= 0.3 is 29.3 Å². The van der Waals surface area contributed by atoms with Crippen molar-refractivity contribution < 1.29 is 34.4 Å². The average Bonchev–Trinajstić information content (AvgIpc) is 2.16. The maximum atomic E-state index is 11.2. The second-order valence-corrected chi connectivity index (χ2v) is 2.72. The van der Waals surface area contributed by atoms with Gasteiger partial charge in [-0.3, -0.25) is 0 Å². The van der Waals surface area contributed by atoms with Gasteiger partial charge in [-0.05, 0) is 0 Å². The van der Waals surface area contributed by atoms with Crippen LogP contribution in [0.1, 0.15) is 31.3 Å². The summed E-state index contributed by atoms with van der Waals surface area (Å²) in [4.78, 5) is 31.7. The molecule has 0 aromatic carbocycles. The summed E-state index contributed by atoms with van der Waals surface area (Å²) < 4.78 is -0.350. The molecule has 0 saturated heterocycles. The first-order valence-electron chi connectivity index (χ1n) is 3.82. The Morgan fingerprint density at radius 1 is 0.938 bits per heavy atom. The Labute approximate surface area is 87.6 Å². The van der Waals surface area contributed by atoms with Crippen LogP contribution in [0.5, 0.6) is 0 Å². The molecule has 8 nitrogen and oxygen atoms in total. The molecular formula is C8H5NO7. The molecule has 1 heterocycles. The van der Waals surface area contributed by atoms with Gasteiger partial charge in [0.1, 0.15) is 0 Å². The molecule has 0 unspecified atom stereocenters. The Kier molecular flexibility index (Phi) is 2.75. The maximum Gasteiger partial charge on any atom is 0.402 e. The highest BCUT2D eigenvalue weighted by Gasteiger charge is 2.26. The minimum Gasteiger partial charge on any atom is -0.617 e. The summed E-state index contributed by atoms with van der Waals surface area (Å²) in [6.07, 6.45) is 0. The fourth-order valence-electron chi connectivity index (χ4n) is 1.00. The molecule has 84 valence electrons. The normalized spacial score (nSPS) is 9.75. The largest absolute Gasteiger partial charge is 0.617 e. The van der Waals surface area contributed by atoms with Crippen LogP contribution in [-0.2, 0) is 0 Å². The van der Waals surface area contributed by atoms with E-state index >= 15 is 0 Å². The second-order valence-electron chi connectivity index (χ2n) is 2.72. The lowest BCUT2D eigenvalue weighted by molar-refractivity contribution is -0.611. The molecule has 3 N–H and O–H groups in total. The Bertz CT molecular complexity index is 458. The first-order valence-corrected chi connectivity index (χ1v) is 3.82. The number of nitrogens with zero attached hydrogens (tertiary/aromatic N) is 1. The minimum atomic E-state index is -1.71. The van der Waals surface area contributed by atoms with E-state index in [2.05, 4.69) is 0 Å². The molecule has 16 heavy (non-hydrogen) atoms. The van der Waals surface area contributed by atoms with Crippen molar-refractivity contribution in [2.45, 2.75) is 0 Å². The number of hydrogen-bond acceptors (Lipinski definition) is 4. The van der Waals surface area contributed by atoms with Gasteiger partial charge in [0.15, 0.2) is 0 Å². The van der Waals surface area contributed by atoms with E-state index in [0.29, 0.717) is 12.1 Å². The molecule has 0 aliphatic rings. The Balaban J connectivity index is 3.57. The van der Waals surface area contributed by atoms with Crippen molar-refractivity contribution in [2.75, 3.05) is 0 Å². The number of carbonyl (C=O) groups is 3. The SMILES string of the molecule is O=C(O)c1cc(C(=O)O)[n+]([O-])c(C(=O)O)c1. The quantitative estimate of drug-likeness (QED) is 0.463. The predicted molar refractivity (Wildman–Crippen MR) is 46.3 cm³/mol. The number of aromatic carboxylic acids is 3. The van der Waals surface area contributed by atoms with Crippen LogP contribution >= 0.6 is 0 Å². The highest BCUT2D eigenvalue weighted by atomic mass is 16.5. The van der Waals surface area contributed by atoms with Crippen LogP contribution in [0.4, 0.5) is 0 Å². The fourth-order valence-corrected chi connectivity index (χ4v) is 1.00. The van der Waals surface area contributed by atoms with Gasteiger partial charge < -0.3 is 20.5 Å². The van der Waals surface area contributed by atoms with E-state index in [-0.39, 0.29) is 4.73 Å². The molecule has 0 aliphatic carbocycles. The Morgan fingerprint density at radius 3 is 1.56 bits per heavy atom. The Hall–Kier alpha value is -2.64. The van der Waals surface area contributed by atoms with E-state index in [1.807, 2.05) is 0 Å². The molecule has 0 spiro atoms. The zero-order valence-electron chi connectivity index (χ0n) is 7.58. The van der Waals surface area contributed by atoms with Crippen molar-refractivity contribution in [3.8, 4) is 0 Å². The van der Waals surface area contributed by atoms with Gasteiger partial charge in [0.05, 0.1) is 5.56 Å². The van der Waals surface area contributed by atoms with Crippen LogP contribution < -0.4 is 4.73 Å². The van der Waals surface area contributed by atoms with Crippen molar-refractivity contribution in [3.63, 3.8) is 0 Å². The number of rotatable bonds is 3. The molecule has 0 saturated carbocycles. The second kappa shape index (κ2) is 3.85. The number of carboxylic acids is 3. The lowest BCUT2D eigenvalue weighted by atomic mass is 10.2. The van der Waals surface area contributed by atoms with Gasteiger partial charge in [-0.2, -0.15) is 4.73 Å². The van der Waals surface area contributed by atoms with Crippen molar-refractivity contribution in [3.05, 3.63) is 34.3 Å². The van der Waals surface area contributed by atoms with E-state index in [1.54, 1.807) is 0 Å². The lowest BCUT2D eigenvalue weighted by Gasteiger charge is -2.04. The van der Waals surface area contributed by atoms with Crippen molar-refractivity contribution in [2.24, 2.45) is 0 Å². The third kappa shape index (κ3) is 1.90. The third-order valence-electron chi connectivity index (χ3n) is 1.71. The molecule has 0 bridgehead atoms. The number of aromatic nitrogens is 1. The summed E-state index contributed by atoms with van der Waals surface area (Å²) in [6.45, 7) is 0. The summed E-state index contributed by atoms with van der Waals surface area (Å²) >= 11 is 0. The first-order chi connectivity index (χ1) is 7.34. The molecule has 0 radical (unpaired) electrons. The molecule has 0 atom stereocenters. The van der Waals surface area contributed by atoms with Gasteiger partial charge in [0.25, 0.3) is 0 Å². The van der Waals surface area contributed by atoms with E-state index in [1.165, 1.54) is 0 Å². The van der Waals surface area contributed by atoms with E-state index in [0.717, 1.165) is 0 Å². The highest BCUT2D eigenvalue weighted by Crippen LogP contribution is 2.05. The zero-order valence-corrected chi connectivity index (χ0v) is 7.58. The number of pyridine rings is 1. The van der Waals surface area contributed by atoms with Gasteiger partial charge in [-0.15, -0.1) is 0 Å².